The Hall–Kier alpha value is -2.24. The van der Waals surface area contributed by atoms with Gasteiger partial charge in [0.05, 0.1) is 17.6 Å². The minimum absolute atomic E-state index is 0. The van der Waals surface area contributed by atoms with Crippen LogP contribution < -0.4 is 10.4 Å². The lowest BCUT2D eigenvalue weighted by molar-refractivity contribution is 0.0917. The summed E-state index contributed by atoms with van der Waals surface area (Å²) in [6.07, 6.45) is 0.276. The van der Waals surface area contributed by atoms with Crippen LogP contribution in [0.3, 0.4) is 0 Å². The van der Waals surface area contributed by atoms with Gasteiger partial charge in [-0.2, -0.15) is 0 Å². The molecule has 26 heavy (non-hydrogen) atoms. The van der Waals surface area contributed by atoms with E-state index >= 15 is 0 Å². The number of benzene rings is 2. The highest BCUT2D eigenvalue weighted by molar-refractivity contribution is 5.85. The molecule has 2 aromatic carbocycles. The van der Waals surface area contributed by atoms with Gasteiger partial charge >= 0.3 is 0 Å². The van der Waals surface area contributed by atoms with Crippen molar-refractivity contribution in [2.24, 2.45) is 0 Å². The number of ether oxygens (including phenoxy) is 1. The molecule has 0 aliphatic heterocycles. The largest absolute Gasteiger partial charge is 0.491 e. The molecule has 1 heterocycles. The van der Waals surface area contributed by atoms with Crippen LogP contribution in [0, 0.1) is 12.3 Å². The number of halogens is 1. The zero-order chi connectivity index (χ0) is 17.8. The highest BCUT2D eigenvalue weighted by Crippen LogP contribution is 2.17. The van der Waals surface area contributed by atoms with E-state index in [0.717, 1.165) is 35.3 Å². The van der Waals surface area contributed by atoms with Crippen molar-refractivity contribution in [2.75, 3.05) is 6.61 Å². The number of aliphatic hydroxyl groups is 1. The molecule has 1 atom stereocenters. The van der Waals surface area contributed by atoms with Gasteiger partial charge in [0.2, 0.25) is 5.62 Å². The van der Waals surface area contributed by atoms with Crippen molar-refractivity contribution < 1.29 is 9.84 Å². The van der Waals surface area contributed by atoms with Crippen molar-refractivity contribution in [3.63, 3.8) is 0 Å². The molecule has 0 fully saturated rings. The zero-order valence-corrected chi connectivity index (χ0v) is 16.0. The molecule has 5 nitrogen and oxygen atoms in total. The van der Waals surface area contributed by atoms with E-state index in [1.165, 1.54) is 0 Å². The highest BCUT2D eigenvalue weighted by atomic mass is 35.5. The molecule has 0 radical (unpaired) electrons. The summed E-state index contributed by atoms with van der Waals surface area (Å²) in [5.74, 6) is 0.783. The van der Waals surface area contributed by atoms with Crippen LogP contribution in [0.25, 0.3) is 11.0 Å². The van der Waals surface area contributed by atoms with Gasteiger partial charge in [0.1, 0.15) is 18.5 Å². The smallest absolute Gasteiger partial charge is 0.203 e. The third kappa shape index (κ3) is 4.11. The number of hydrogen-bond donors (Lipinski definition) is 2. The topological polar surface area (TPSA) is 63.2 Å². The van der Waals surface area contributed by atoms with Gasteiger partial charge in [-0.3, -0.25) is 5.41 Å². The second kappa shape index (κ2) is 8.92. The number of aromatic nitrogens is 2. The fourth-order valence-corrected chi connectivity index (χ4v) is 3.10. The standard InChI is InChI=1S/C20H25N3O2.ClH/c1-3-12-22-17-9-5-6-10-18(17)23(20(22)21)13-16(24)14-25-19-11-7-4-8-15(19)2;/h4-11,16,21,24H,3,12-14H2,1-2H3;1H. The van der Waals surface area contributed by atoms with Gasteiger partial charge in [0.25, 0.3) is 0 Å². The third-order valence-electron chi connectivity index (χ3n) is 4.34. The van der Waals surface area contributed by atoms with Gasteiger partial charge in [-0.05, 0) is 37.1 Å². The number of rotatable bonds is 7. The molecule has 0 aliphatic rings. The van der Waals surface area contributed by atoms with Crippen LogP contribution in [0.15, 0.2) is 48.5 Å². The fraction of sp³-hybridized carbons (Fsp3) is 0.350. The van der Waals surface area contributed by atoms with Gasteiger partial charge < -0.3 is 19.0 Å². The van der Waals surface area contributed by atoms with E-state index in [4.69, 9.17) is 10.1 Å². The molecule has 0 amide bonds. The number of fused-ring (bicyclic) bond motifs is 1. The number of imidazole rings is 1. The van der Waals surface area contributed by atoms with E-state index in [0.29, 0.717) is 12.2 Å². The molecule has 3 rings (SSSR count). The maximum absolute atomic E-state index is 10.4. The lowest BCUT2D eigenvalue weighted by Crippen LogP contribution is -2.31. The van der Waals surface area contributed by atoms with Gasteiger partial charge in [-0.15, -0.1) is 12.4 Å². The van der Waals surface area contributed by atoms with Crippen molar-refractivity contribution in [3.8, 4) is 5.75 Å². The van der Waals surface area contributed by atoms with Crippen LogP contribution in [0.4, 0.5) is 0 Å². The Kier molecular flexibility index (Phi) is 6.89. The lowest BCUT2D eigenvalue weighted by Gasteiger charge is -2.15. The first-order valence-electron chi connectivity index (χ1n) is 8.71. The molecule has 140 valence electrons. The second-order valence-corrected chi connectivity index (χ2v) is 6.30. The predicted molar refractivity (Wildman–Crippen MR) is 106 cm³/mol. The van der Waals surface area contributed by atoms with Crippen molar-refractivity contribution in [1.29, 1.82) is 5.41 Å². The molecule has 1 unspecified atom stereocenters. The van der Waals surface area contributed by atoms with E-state index in [1.54, 1.807) is 0 Å². The molecular weight excluding hydrogens is 350 g/mol. The maximum atomic E-state index is 10.4. The third-order valence-corrected chi connectivity index (χ3v) is 4.34. The number of aliphatic hydroxyl groups excluding tert-OH is 1. The molecule has 0 bridgehead atoms. The van der Waals surface area contributed by atoms with E-state index in [9.17, 15) is 5.11 Å². The summed E-state index contributed by atoms with van der Waals surface area (Å²) in [5.41, 5.74) is 3.46. The van der Waals surface area contributed by atoms with E-state index in [-0.39, 0.29) is 19.0 Å². The highest BCUT2D eigenvalue weighted by Gasteiger charge is 2.14. The summed E-state index contributed by atoms with van der Waals surface area (Å²) in [6, 6.07) is 15.7. The Morgan fingerprint density at radius 2 is 1.65 bits per heavy atom. The fourth-order valence-electron chi connectivity index (χ4n) is 3.10. The van der Waals surface area contributed by atoms with Crippen LogP contribution in [-0.4, -0.2) is 27.0 Å². The number of nitrogens with zero attached hydrogens (tertiary/aromatic N) is 2. The van der Waals surface area contributed by atoms with E-state index < -0.39 is 6.10 Å². The minimum atomic E-state index is -0.686. The normalized spacial score (nSPS) is 12.0. The van der Waals surface area contributed by atoms with Gasteiger partial charge in [-0.25, -0.2) is 0 Å². The van der Waals surface area contributed by atoms with Crippen LogP contribution in [0.2, 0.25) is 0 Å². The summed E-state index contributed by atoms with van der Waals surface area (Å²) in [5, 5.41) is 18.9. The molecule has 6 heteroatoms. The molecule has 2 N–H and O–H groups in total. The molecule has 0 aliphatic carbocycles. The average Bonchev–Trinajstić information content (AvgIpc) is 2.87. The number of hydrogen-bond acceptors (Lipinski definition) is 3. The van der Waals surface area contributed by atoms with Gasteiger partial charge in [0.15, 0.2) is 0 Å². The summed E-state index contributed by atoms with van der Waals surface area (Å²) in [4.78, 5) is 0. The first kappa shape index (κ1) is 20.1. The Morgan fingerprint density at radius 1 is 1.04 bits per heavy atom. The number of nitrogens with one attached hydrogen (secondary N) is 1. The van der Waals surface area contributed by atoms with Crippen molar-refractivity contribution >= 4 is 23.4 Å². The Labute approximate surface area is 159 Å². The first-order valence-corrected chi connectivity index (χ1v) is 8.71. The summed E-state index contributed by atoms with van der Waals surface area (Å²) >= 11 is 0. The van der Waals surface area contributed by atoms with Crippen molar-refractivity contribution in [2.45, 2.75) is 39.5 Å². The molecule has 3 aromatic rings. The van der Waals surface area contributed by atoms with Gasteiger partial charge in [0, 0.05) is 6.54 Å². The second-order valence-electron chi connectivity index (χ2n) is 6.30. The Balaban J connectivity index is 0.00000243. The summed E-state index contributed by atoms with van der Waals surface area (Å²) in [6.45, 7) is 5.41. The molecule has 0 saturated carbocycles. The quantitative estimate of drug-likeness (QED) is 0.663. The maximum Gasteiger partial charge on any atom is 0.203 e. The van der Waals surface area contributed by atoms with Crippen LogP contribution in [0.1, 0.15) is 18.9 Å². The van der Waals surface area contributed by atoms with Crippen LogP contribution >= 0.6 is 12.4 Å². The van der Waals surface area contributed by atoms with Crippen LogP contribution in [-0.2, 0) is 13.1 Å². The Morgan fingerprint density at radius 3 is 2.31 bits per heavy atom. The summed E-state index contributed by atoms with van der Waals surface area (Å²) < 4.78 is 9.59. The molecule has 0 saturated heterocycles. The monoisotopic (exact) mass is 375 g/mol. The zero-order valence-electron chi connectivity index (χ0n) is 15.2. The molecule has 1 aromatic heterocycles. The van der Waals surface area contributed by atoms with Crippen molar-refractivity contribution in [1.82, 2.24) is 9.13 Å². The SMILES string of the molecule is CCCn1c(=N)n(CC(O)COc2ccccc2C)c2ccccc21.Cl. The first-order chi connectivity index (χ1) is 12.1. The molecular formula is C20H26ClN3O2. The van der Waals surface area contributed by atoms with Crippen molar-refractivity contribution in [3.05, 3.63) is 59.7 Å². The number of aryl methyl sites for hydroxylation is 2. The Bertz CT molecular complexity index is 917. The number of para-hydroxylation sites is 3. The van der Waals surface area contributed by atoms with Crippen LogP contribution in [0.5, 0.6) is 5.75 Å². The predicted octanol–water partition coefficient (Wildman–Crippen LogP) is 3.50. The lowest BCUT2D eigenvalue weighted by atomic mass is 10.2. The average molecular weight is 376 g/mol. The van der Waals surface area contributed by atoms with E-state index in [1.807, 2.05) is 64.6 Å². The van der Waals surface area contributed by atoms with Gasteiger partial charge in [-0.1, -0.05) is 37.3 Å². The minimum Gasteiger partial charge on any atom is -0.491 e. The van der Waals surface area contributed by atoms with E-state index in [2.05, 4.69) is 6.92 Å². The summed E-state index contributed by atoms with van der Waals surface area (Å²) in [7, 11) is 0. The molecule has 0 spiro atoms.